The molecule has 2 rings (SSSR count). The molecule has 1 aliphatic rings. The summed E-state index contributed by atoms with van der Waals surface area (Å²) in [6.07, 6.45) is 3.14. The van der Waals surface area contributed by atoms with Crippen LogP contribution in [-0.2, 0) is 13.6 Å². The summed E-state index contributed by atoms with van der Waals surface area (Å²) in [4.78, 5) is 13.3. The van der Waals surface area contributed by atoms with Crippen molar-refractivity contribution in [2.75, 3.05) is 44.9 Å². The molecule has 1 aromatic rings. The maximum absolute atomic E-state index is 4.45. The van der Waals surface area contributed by atoms with Gasteiger partial charge in [0.15, 0.2) is 5.96 Å². The van der Waals surface area contributed by atoms with Gasteiger partial charge in [0.25, 0.3) is 0 Å². The Bertz CT molecular complexity index is 510. The SMILES string of the molecule is CCC1CN(C(=NC)NCc2cnc(N(C)C)n2C)CCS1. The lowest BCUT2D eigenvalue weighted by atomic mass is 10.3. The lowest BCUT2D eigenvalue weighted by molar-refractivity contribution is 0.407. The van der Waals surface area contributed by atoms with Crippen LogP contribution < -0.4 is 10.2 Å². The molecule has 1 N–H and O–H groups in total. The number of thioether (sulfide) groups is 1. The van der Waals surface area contributed by atoms with Crippen molar-refractivity contribution in [1.29, 1.82) is 0 Å². The number of hydrogen-bond acceptors (Lipinski definition) is 4. The Hall–Kier alpha value is -1.37. The lowest BCUT2D eigenvalue weighted by Crippen LogP contribution is -2.47. The minimum atomic E-state index is 0.712. The Kier molecular flexibility index (Phi) is 5.99. The van der Waals surface area contributed by atoms with Crippen molar-refractivity contribution in [2.24, 2.45) is 12.0 Å². The summed E-state index contributed by atoms with van der Waals surface area (Å²) in [6.45, 7) is 5.14. The fourth-order valence-corrected chi connectivity index (χ4v) is 3.85. The minimum absolute atomic E-state index is 0.712. The summed E-state index contributed by atoms with van der Waals surface area (Å²) in [5, 5.41) is 4.19. The summed E-state index contributed by atoms with van der Waals surface area (Å²) >= 11 is 2.07. The van der Waals surface area contributed by atoms with Crippen LogP contribution in [0.15, 0.2) is 11.2 Å². The molecule has 1 aromatic heterocycles. The fourth-order valence-electron chi connectivity index (χ4n) is 2.67. The summed E-state index contributed by atoms with van der Waals surface area (Å²) in [5.74, 6) is 3.13. The van der Waals surface area contributed by atoms with E-state index in [2.05, 4.69) is 43.4 Å². The second-order valence-corrected chi connectivity index (χ2v) is 7.16. The average Bonchev–Trinajstić information content (AvgIpc) is 2.89. The van der Waals surface area contributed by atoms with Gasteiger partial charge in [-0.05, 0) is 6.42 Å². The Morgan fingerprint density at radius 3 is 2.91 bits per heavy atom. The molecule has 124 valence electrons. The summed E-state index contributed by atoms with van der Waals surface area (Å²) < 4.78 is 2.11. The Morgan fingerprint density at radius 1 is 1.55 bits per heavy atom. The molecular formula is C15H28N6S. The molecule has 1 aliphatic heterocycles. The summed E-state index contributed by atoms with van der Waals surface area (Å²) in [7, 11) is 7.93. The van der Waals surface area contributed by atoms with Crippen LogP contribution in [0.5, 0.6) is 0 Å². The summed E-state index contributed by atoms with van der Waals surface area (Å²) in [6, 6.07) is 0. The molecular weight excluding hydrogens is 296 g/mol. The number of nitrogens with zero attached hydrogens (tertiary/aromatic N) is 5. The molecule has 1 saturated heterocycles. The first-order valence-electron chi connectivity index (χ1n) is 7.81. The molecule has 0 radical (unpaired) electrons. The van der Waals surface area contributed by atoms with Gasteiger partial charge in [0, 0.05) is 52.3 Å². The van der Waals surface area contributed by atoms with Crippen molar-refractivity contribution in [1.82, 2.24) is 19.8 Å². The van der Waals surface area contributed by atoms with E-state index in [0.717, 1.165) is 37.2 Å². The van der Waals surface area contributed by atoms with Crippen LogP contribution in [0.1, 0.15) is 19.0 Å². The predicted molar refractivity (Wildman–Crippen MR) is 95.8 cm³/mol. The van der Waals surface area contributed by atoms with E-state index >= 15 is 0 Å². The molecule has 0 amide bonds. The third-order valence-corrected chi connectivity index (χ3v) is 5.37. The zero-order valence-corrected chi connectivity index (χ0v) is 15.2. The largest absolute Gasteiger partial charge is 0.351 e. The topological polar surface area (TPSA) is 48.7 Å². The Morgan fingerprint density at radius 2 is 2.32 bits per heavy atom. The van der Waals surface area contributed by atoms with Gasteiger partial charge >= 0.3 is 0 Å². The van der Waals surface area contributed by atoms with Crippen molar-refractivity contribution in [3.63, 3.8) is 0 Å². The predicted octanol–water partition coefficient (Wildman–Crippen LogP) is 1.39. The fraction of sp³-hybridized carbons (Fsp3) is 0.733. The van der Waals surface area contributed by atoms with Gasteiger partial charge in [-0.2, -0.15) is 11.8 Å². The van der Waals surface area contributed by atoms with E-state index in [1.165, 1.54) is 12.2 Å². The maximum atomic E-state index is 4.45. The van der Waals surface area contributed by atoms with E-state index in [4.69, 9.17) is 0 Å². The Balaban J connectivity index is 1.97. The molecule has 6 nitrogen and oxygen atoms in total. The zero-order valence-electron chi connectivity index (χ0n) is 14.3. The van der Waals surface area contributed by atoms with E-state index in [0.29, 0.717) is 5.25 Å². The van der Waals surface area contributed by atoms with Gasteiger partial charge < -0.3 is 19.7 Å². The van der Waals surface area contributed by atoms with Gasteiger partial charge in [0.05, 0.1) is 18.4 Å². The maximum Gasteiger partial charge on any atom is 0.204 e. The van der Waals surface area contributed by atoms with Crippen LogP contribution in [0, 0.1) is 0 Å². The van der Waals surface area contributed by atoms with E-state index in [1.54, 1.807) is 0 Å². The van der Waals surface area contributed by atoms with Crippen LogP contribution in [0.25, 0.3) is 0 Å². The number of rotatable bonds is 4. The highest BCUT2D eigenvalue weighted by Crippen LogP contribution is 2.21. The molecule has 1 fully saturated rings. The van der Waals surface area contributed by atoms with Crippen LogP contribution >= 0.6 is 11.8 Å². The highest BCUT2D eigenvalue weighted by Gasteiger charge is 2.21. The van der Waals surface area contributed by atoms with Gasteiger partial charge in [-0.3, -0.25) is 4.99 Å². The van der Waals surface area contributed by atoms with Crippen molar-refractivity contribution in [3.8, 4) is 0 Å². The Labute approximate surface area is 138 Å². The third-order valence-electron chi connectivity index (χ3n) is 3.99. The van der Waals surface area contributed by atoms with E-state index in [9.17, 15) is 0 Å². The third kappa shape index (κ3) is 3.88. The van der Waals surface area contributed by atoms with E-state index in [1.807, 2.05) is 39.3 Å². The van der Waals surface area contributed by atoms with Gasteiger partial charge in [-0.25, -0.2) is 4.98 Å². The van der Waals surface area contributed by atoms with Crippen LogP contribution in [0.2, 0.25) is 0 Å². The smallest absolute Gasteiger partial charge is 0.204 e. The van der Waals surface area contributed by atoms with Gasteiger partial charge in [0.1, 0.15) is 0 Å². The van der Waals surface area contributed by atoms with Crippen molar-refractivity contribution >= 4 is 23.7 Å². The monoisotopic (exact) mass is 324 g/mol. The first-order valence-corrected chi connectivity index (χ1v) is 8.86. The van der Waals surface area contributed by atoms with Gasteiger partial charge in [-0.1, -0.05) is 6.92 Å². The average molecular weight is 324 g/mol. The quantitative estimate of drug-likeness (QED) is 0.670. The van der Waals surface area contributed by atoms with Gasteiger partial charge in [-0.15, -0.1) is 0 Å². The number of aromatic nitrogens is 2. The standard InChI is InChI=1S/C15H28N6S/c1-6-13-11-21(7-8-22-13)14(16-2)17-9-12-10-18-15(19(3)4)20(12)5/h10,13H,6-9,11H2,1-5H3,(H,16,17). The number of guanidine groups is 1. The minimum Gasteiger partial charge on any atom is -0.351 e. The molecule has 0 bridgehead atoms. The first kappa shape index (κ1) is 17.0. The lowest BCUT2D eigenvalue weighted by Gasteiger charge is -2.34. The molecule has 7 heteroatoms. The molecule has 2 heterocycles. The number of aliphatic imine (C=N–C) groups is 1. The number of hydrogen-bond donors (Lipinski definition) is 1. The number of imidazole rings is 1. The molecule has 1 atom stereocenters. The molecule has 1 unspecified atom stereocenters. The molecule has 0 spiro atoms. The van der Waals surface area contributed by atoms with Crippen LogP contribution in [0.3, 0.4) is 0 Å². The normalized spacial score (nSPS) is 19.4. The highest BCUT2D eigenvalue weighted by atomic mass is 32.2. The van der Waals surface area contributed by atoms with Gasteiger partial charge in [0.2, 0.25) is 5.95 Å². The molecule has 0 aromatic carbocycles. The second kappa shape index (κ2) is 7.76. The van der Waals surface area contributed by atoms with Crippen molar-refractivity contribution in [2.45, 2.75) is 25.1 Å². The molecule has 22 heavy (non-hydrogen) atoms. The van der Waals surface area contributed by atoms with Crippen LogP contribution in [-0.4, -0.2) is 65.6 Å². The summed E-state index contributed by atoms with van der Waals surface area (Å²) in [5.41, 5.74) is 1.16. The van der Waals surface area contributed by atoms with E-state index < -0.39 is 0 Å². The highest BCUT2D eigenvalue weighted by molar-refractivity contribution is 8.00. The van der Waals surface area contributed by atoms with Crippen LogP contribution in [0.4, 0.5) is 5.95 Å². The van der Waals surface area contributed by atoms with Crippen molar-refractivity contribution < 1.29 is 0 Å². The zero-order chi connectivity index (χ0) is 16.1. The second-order valence-electron chi connectivity index (χ2n) is 5.75. The number of nitrogens with one attached hydrogen (secondary N) is 1. The molecule has 0 aliphatic carbocycles. The first-order chi connectivity index (χ1) is 10.6. The van der Waals surface area contributed by atoms with Crippen molar-refractivity contribution in [3.05, 3.63) is 11.9 Å². The van der Waals surface area contributed by atoms with E-state index in [-0.39, 0.29) is 0 Å². The number of anilines is 1. The molecule has 0 saturated carbocycles.